The summed E-state index contributed by atoms with van der Waals surface area (Å²) in [5, 5.41) is 0. The van der Waals surface area contributed by atoms with E-state index in [4.69, 9.17) is 5.73 Å². The van der Waals surface area contributed by atoms with Gasteiger partial charge in [0.05, 0.1) is 5.71 Å². The van der Waals surface area contributed by atoms with Gasteiger partial charge in [0.1, 0.15) is 0 Å². The predicted octanol–water partition coefficient (Wildman–Crippen LogP) is 0.629. The molecule has 0 aliphatic carbocycles. The molecule has 0 aliphatic rings. The maximum absolute atomic E-state index is 10.5. The fraction of sp³-hybridized carbons (Fsp3) is 0.750. The highest BCUT2D eigenvalue weighted by Crippen LogP contribution is 2.19. The third-order valence-electron chi connectivity index (χ3n) is 2.15. The number of aliphatic imine (C=N–C) groups is 1. The number of rotatable bonds is 3. The fourth-order valence-electron chi connectivity index (χ4n) is 0.726. The molecule has 0 aromatic heterocycles. The molecule has 0 saturated heterocycles. The monoisotopic (exact) mass is 156 g/mol. The van der Waals surface area contributed by atoms with Crippen LogP contribution < -0.4 is 5.73 Å². The fourth-order valence-corrected chi connectivity index (χ4v) is 0.726. The summed E-state index contributed by atoms with van der Waals surface area (Å²) in [4.78, 5) is 14.4. The molecule has 1 atom stereocenters. The number of nitrogens with two attached hydrogens (primary N) is 1. The second-order valence-corrected chi connectivity index (χ2v) is 3.24. The maximum atomic E-state index is 10.5. The number of carbonyl (C=O) groups excluding carboxylic acids is 1. The van der Waals surface area contributed by atoms with Crippen molar-refractivity contribution in [3.63, 3.8) is 0 Å². The van der Waals surface area contributed by atoms with E-state index < -0.39 is 0 Å². The van der Waals surface area contributed by atoms with Crippen LogP contribution in [0.15, 0.2) is 4.99 Å². The molecule has 0 bridgehead atoms. The van der Waals surface area contributed by atoms with Crippen LogP contribution >= 0.6 is 0 Å². The van der Waals surface area contributed by atoms with E-state index in [2.05, 4.69) is 4.99 Å². The highest BCUT2D eigenvalue weighted by Gasteiger charge is 2.28. The Morgan fingerprint density at radius 3 is 2.18 bits per heavy atom. The van der Waals surface area contributed by atoms with Crippen LogP contribution in [0.25, 0.3) is 0 Å². The number of hydrogen-bond acceptors (Lipinski definition) is 3. The molecule has 0 amide bonds. The van der Waals surface area contributed by atoms with Gasteiger partial charge in [0, 0.05) is 18.5 Å². The Hall–Kier alpha value is -0.700. The standard InChI is InChI=1S/C8H16N2O/c1-6(9)8(2,3)7(5-11)10-4/h5-6H,9H2,1-4H3. The van der Waals surface area contributed by atoms with Crippen molar-refractivity contribution in [2.24, 2.45) is 16.1 Å². The molecule has 3 nitrogen and oxygen atoms in total. The number of nitrogens with zero attached hydrogens (tertiary/aromatic N) is 1. The summed E-state index contributed by atoms with van der Waals surface area (Å²) in [5.74, 6) is 0. The SMILES string of the molecule is CN=C(C=O)C(C)(C)C(C)N. The molecule has 0 saturated carbocycles. The van der Waals surface area contributed by atoms with E-state index in [0.717, 1.165) is 6.29 Å². The second kappa shape index (κ2) is 3.62. The topological polar surface area (TPSA) is 55.5 Å². The van der Waals surface area contributed by atoms with E-state index in [1.165, 1.54) is 0 Å². The molecule has 0 aromatic carbocycles. The average molecular weight is 156 g/mol. The first-order chi connectivity index (χ1) is 4.96. The minimum atomic E-state index is -0.323. The van der Waals surface area contributed by atoms with Crippen LogP contribution in [-0.2, 0) is 4.79 Å². The third-order valence-corrected chi connectivity index (χ3v) is 2.15. The lowest BCUT2D eigenvalue weighted by Gasteiger charge is -2.27. The van der Waals surface area contributed by atoms with Crippen molar-refractivity contribution < 1.29 is 4.79 Å². The molecule has 0 aromatic rings. The second-order valence-electron chi connectivity index (χ2n) is 3.24. The Kier molecular flexibility index (Phi) is 3.39. The van der Waals surface area contributed by atoms with E-state index in [-0.39, 0.29) is 11.5 Å². The molecular formula is C8H16N2O. The Morgan fingerprint density at radius 1 is 1.64 bits per heavy atom. The summed E-state index contributed by atoms with van der Waals surface area (Å²) >= 11 is 0. The largest absolute Gasteiger partial charge is 0.327 e. The van der Waals surface area contributed by atoms with Crippen LogP contribution in [0.3, 0.4) is 0 Å². The Balaban J connectivity index is 4.65. The van der Waals surface area contributed by atoms with Crippen LogP contribution in [0.5, 0.6) is 0 Å². The molecule has 2 N–H and O–H groups in total. The summed E-state index contributed by atoms with van der Waals surface area (Å²) in [7, 11) is 1.61. The van der Waals surface area contributed by atoms with Crippen molar-refractivity contribution in [2.75, 3.05) is 7.05 Å². The van der Waals surface area contributed by atoms with Gasteiger partial charge in [-0.05, 0) is 6.92 Å². The van der Waals surface area contributed by atoms with Crippen molar-refractivity contribution in [2.45, 2.75) is 26.8 Å². The molecule has 0 rings (SSSR count). The summed E-state index contributed by atoms with van der Waals surface area (Å²) < 4.78 is 0. The Bertz CT molecular complexity index is 171. The Morgan fingerprint density at radius 2 is 2.09 bits per heavy atom. The lowest BCUT2D eigenvalue weighted by Crippen LogP contribution is -2.41. The number of carbonyl (C=O) groups is 1. The molecule has 0 radical (unpaired) electrons. The maximum Gasteiger partial charge on any atom is 0.164 e. The number of aldehydes is 1. The Labute approximate surface area is 67.7 Å². The van der Waals surface area contributed by atoms with Gasteiger partial charge in [-0.3, -0.25) is 9.79 Å². The summed E-state index contributed by atoms with van der Waals surface area (Å²) in [5.41, 5.74) is 5.88. The lowest BCUT2D eigenvalue weighted by atomic mass is 9.81. The van der Waals surface area contributed by atoms with Gasteiger partial charge in [-0.2, -0.15) is 0 Å². The average Bonchev–Trinajstić information content (AvgIpc) is 1.89. The zero-order chi connectivity index (χ0) is 9.07. The van der Waals surface area contributed by atoms with Crippen molar-refractivity contribution >= 4 is 12.0 Å². The highest BCUT2D eigenvalue weighted by molar-refractivity contribution is 6.30. The van der Waals surface area contributed by atoms with Gasteiger partial charge < -0.3 is 5.73 Å². The molecule has 11 heavy (non-hydrogen) atoms. The van der Waals surface area contributed by atoms with E-state index in [9.17, 15) is 4.79 Å². The van der Waals surface area contributed by atoms with E-state index in [1.54, 1.807) is 7.05 Å². The first-order valence-corrected chi connectivity index (χ1v) is 3.64. The summed E-state index contributed by atoms with van der Waals surface area (Å²) in [6.07, 6.45) is 0.767. The van der Waals surface area contributed by atoms with Gasteiger partial charge in [-0.25, -0.2) is 0 Å². The van der Waals surface area contributed by atoms with Crippen molar-refractivity contribution in [1.29, 1.82) is 0 Å². The molecular weight excluding hydrogens is 140 g/mol. The van der Waals surface area contributed by atoms with Crippen molar-refractivity contribution in [3.05, 3.63) is 0 Å². The van der Waals surface area contributed by atoms with Crippen LogP contribution in [0, 0.1) is 5.41 Å². The van der Waals surface area contributed by atoms with Gasteiger partial charge in [0.15, 0.2) is 6.29 Å². The molecule has 0 heterocycles. The van der Waals surface area contributed by atoms with E-state index >= 15 is 0 Å². The molecule has 64 valence electrons. The first-order valence-electron chi connectivity index (χ1n) is 3.64. The van der Waals surface area contributed by atoms with Crippen molar-refractivity contribution in [3.8, 4) is 0 Å². The molecule has 3 heteroatoms. The molecule has 0 spiro atoms. The van der Waals surface area contributed by atoms with E-state index in [0.29, 0.717) is 5.71 Å². The summed E-state index contributed by atoms with van der Waals surface area (Å²) in [6.45, 7) is 5.69. The van der Waals surface area contributed by atoms with Gasteiger partial charge in [0.25, 0.3) is 0 Å². The lowest BCUT2D eigenvalue weighted by molar-refractivity contribution is -0.103. The van der Waals surface area contributed by atoms with Gasteiger partial charge in [0.2, 0.25) is 0 Å². The van der Waals surface area contributed by atoms with Gasteiger partial charge in [-0.15, -0.1) is 0 Å². The molecule has 0 fully saturated rings. The van der Waals surface area contributed by atoms with Crippen LogP contribution in [0.4, 0.5) is 0 Å². The van der Waals surface area contributed by atoms with Gasteiger partial charge >= 0.3 is 0 Å². The normalized spacial score (nSPS) is 16.3. The molecule has 1 unspecified atom stereocenters. The van der Waals surface area contributed by atoms with Crippen LogP contribution in [-0.4, -0.2) is 25.1 Å². The van der Waals surface area contributed by atoms with Crippen LogP contribution in [0.1, 0.15) is 20.8 Å². The van der Waals surface area contributed by atoms with Gasteiger partial charge in [-0.1, -0.05) is 13.8 Å². The third kappa shape index (κ3) is 2.12. The first kappa shape index (κ1) is 10.3. The quantitative estimate of drug-likeness (QED) is 0.481. The van der Waals surface area contributed by atoms with Crippen LogP contribution in [0.2, 0.25) is 0 Å². The molecule has 0 aliphatic heterocycles. The van der Waals surface area contributed by atoms with Crippen molar-refractivity contribution in [1.82, 2.24) is 0 Å². The minimum absolute atomic E-state index is 0.0635. The number of hydrogen-bond donors (Lipinski definition) is 1. The highest BCUT2D eigenvalue weighted by atomic mass is 16.1. The smallest absolute Gasteiger partial charge is 0.164 e. The van der Waals surface area contributed by atoms with E-state index in [1.807, 2.05) is 20.8 Å². The zero-order valence-corrected chi connectivity index (χ0v) is 7.59. The zero-order valence-electron chi connectivity index (χ0n) is 7.59. The predicted molar refractivity (Wildman–Crippen MR) is 46.9 cm³/mol. The minimum Gasteiger partial charge on any atom is -0.327 e. The summed E-state index contributed by atoms with van der Waals surface area (Å²) in [6, 6.07) is -0.0635.